The van der Waals surface area contributed by atoms with Gasteiger partial charge in [-0.25, -0.2) is 9.59 Å². The second kappa shape index (κ2) is 8.19. The van der Waals surface area contributed by atoms with Gasteiger partial charge in [0.05, 0.1) is 19.9 Å². The number of hydrogen-bond donors (Lipinski definition) is 0. The predicted molar refractivity (Wildman–Crippen MR) is 93.2 cm³/mol. The van der Waals surface area contributed by atoms with Crippen LogP contribution in [0.15, 0.2) is 59.5 Å². The van der Waals surface area contributed by atoms with E-state index in [1.807, 2.05) is 36.4 Å². The lowest BCUT2D eigenvalue weighted by Crippen LogP contribution is -2.36. The first-order valence-electron chi connectivity index (χ1n) is 7.67. The van der Waals surface area contributed by atoms with E-state index in [0.717, 1.165) is 5.56 Å². The summed E-state index contributed by atoms with van der Waals surface area (Å²) in [5.41, 5.74) is 1.62. The minimum Gasteiger partial charge on any atom is -0.473 e. The van der Waals surface area contributed by atoms with Crippen LogP contribution in [0.4, 0.5) is 0 Å². The van der Waals surface area contributed by atoms with Crippen molar-refractivity contribution in [2.45, 2.75) is 6.10 Å². The maximum Gasteiger partial charge on any atom is 0.352 e. The Bertz CT molecular complexity index is 731. The molecule has 25 heavy (non-hydrogen) atoms. The van der Waals surface area contributed by atoms with Crippen LogP contribution in [0.5, 0.6) is 0 Å². The first kappa shape index (κ1) is 18.3. The number of rotatable bonds is 5. The van der Waals surface area contributed by atoms with E-state index in [4.69, 9.17) is 14.2 Å². The molecule has 6 nitrogen and oxygen atoms in total. The van der Waals surface area contributed by atoms with Gasteiger partial charge in [-0.2, -0.15) is 0 Å². The van der Waals surface area contributed by atoms with Crippen molar-refractivity contribution >= 4 is 18.0 Å². The lowest BCUT2D eigenvalue weighted by atomic mass is 10.0. The monoisotopic (exact) mass is 343 g/mol. The van der Waals surface area contributed by atoms with Crippen LogP contribution in [-0.2, 0) is 23.8 Å². The molecule has 6 heteroatoms. The molecule has 0 radical (unpaired) electrons. The van der Waals surface area contributed by atoms with Crippen LogP contribution in [0.2, 0.25) is 0 Å². The Hall–Kier alpha value is -3.02. The Kier molecular flexibility index (Phi) is 6.00. The van der Waals surface area contributed by atoms with Gasteiger partial charge in [0.1, 0.15) is 11.3 Å². The van der Waals surface area contributed by atoms with Crippen LogP contribution in [-0.4, -0.2) is 51.3 Å². The van der Waals surface area contributed by atoms with Crippen LogP contribution in [0.25, 0.3) is 6.08 Å². The number of ether oxygens (including phenoxy) is 3. The van der Waals surface area contributed by atoms with Crippen molar-refractivity contribution in [1.29, 1.82) is 0 Å². The summed E-state index contributed by atoms with van der Waals surface area (Å²) in [7, 11) is 6.04. The fraction of sp³-hybridized carbons (Fsp3) is 0.263. The Morgan fingerprint density at radius 2 is 1.76 bits per heavy atom. The standard InChI is InChI=1S/C19H21NO5/c1-20(2)15-12-14(11-10-13-8-6-5-7-9-13)25-17(19(22)24-4)16(15)18(21)23-3/h5-12,17H,1-4H3/b11-10+. The molecule has 1 atom stereocenters. The first-order chi connectivity index (χ1) is 12.0. The summed E-state index contributed by atoms with van der Waals surface area (Å²) < 4.78 is 15.3. The van der Waals surface area contributed by atoms with E-state index in [-0.39, 0.29) is 5.57 Å². The van der Waals surface area contributed by atoms with E-state index in [9.17, 15) is 9.59 Å². The van der Waals surface area contributed by atoms with Gasteiger partial charge >= 0.3 is 11.9 Å². The minimum atomic E-state index is -1.18. The summed E-state index contributed by atoms with van der Waals surface area (Å²) in [6, 6.07) is 9.66. The van der Waals surface area contributed by atoms with E-state index in [1.165, 1.54) is 14.2 Å². The molecule has 0 bridgehead atoms. The third kappa shape index (κ3) is 4.29. The second-order valence-electron chi connectivity index (χ2n) is 5.50. The van der Waals surface area contributed by atoms with Gasteiger partial charge in [-0.3, -0.25) is 0 Å². The fourth-order valence-electron chi connectivity index (χ4n) is 2.37. The van der Waals surface area contributed by atoms with E-state index in [0.29, 0.717) is 11.5 Å². The molecule has 132 valence electrons. The lowest BCUT2D eigenvalue weighted by Gasteiger charge is -2.28. The molecule has 1 aliphatic rings. The molecule has 2 rings (SSSR count). The number of allylic oxidation sites excluding steroid dienone is 2. The lowest BCUT2D eigenvalue weighted by molar-refractivity contribution is -0.152. The van der Waals surface area contributed by atoms with Gasteiger partial charge in [0.2, 0.25) is 6.10 Å². The molecule has 1 aromatic carbocycles. The fourth-order valence-corrected chi connectivity index (χ4v) is 2.37. The summed E-state index contributed by atoms with van der Waals surface area (Å²) in [5, 5.41) is 0. The highest BCUT2D eigenvalue weighted by atomic mass is 16.6. The highest BCUT2D eigenvalue weighted by molar-refractivity contribution is 5.98. The van der Waals surface area contributed by atoms with E-state index < -0.39 is 18.0 Å². The quantitative estimate of drug-likeness (QED) is 0.763. The number of carbonyl (C=O) groups excluding carboxylic acids is 2. The van der Waals surface area contributed by atoms with E-state index >= 15 is 0 Å². The van der Waals surface area contributed by atoms with Crippen molar-refractivity contribution in [1.82, 2.24) is 4.90 Å². The normalized spacial score (nSPS) is 17.0. The van der Waals surface area contributed by atoms with Gasteiger partial charge < -0.3 is 19.1 Å². The molecule has 0 N–H and O–H groups in total. The van der Waals surface area contributed by atoms with Crippen LogP contribution >= 0.6 is 0 Å². The van der Waals surface area contributed by atoms with Gasteiger partial charge in [-0.05, 0) is 11.6 Å². The van der Waals surface area contributed by atoms with E-state index in [1.54, 1.807) is 31.1 Å². The van der Waals surface area contributed by atoms with Gasteiger partial charge in [0.25, 0.3) is 0 Å². The molecule has 1 heterocycles. The highest BCUT2D eigenvalue weighted by Crippen LogP contribution is 2.27. The number of likely N-dealkylation sites (N-methyl/N-ethyl adjacent to an activating group) is 1. The van der Waals surface area contributed by atoms with Gasteiger partial charge in [0, 0.05) is 20.2 Å². The first-order valence-corrected chi connectivity index (χ1v) is 7.67. The van der Waals surface area contributed by atoms with Crippen molar-refractivity contribution in [3.63, 3.8) is 0 Å². The third-order valence-corrected chi connectivity index (χ3v) is 3.61. The van der Waals surface area contributed by atoms with Crippen molar-refractivity contribution in [2.24, 2.45) is 0 Å². The molecule has 0 fully saturated rings. The predicted octanol–water partition coefficient (Wildman–Crippen LogP) is 2.14. The molecular weight excluding hydrogens is 322 g/mol. The SMILES string of the molecule is COC(=O)C1=C(N(C)C)C=C(/C=C/c2ccccc2)OC1C(=O)OC. The largest absolute Gasteiger partial charge is 0.473 e. The maximum absolute atomic E-state index is 12.2. The number of nitrogens with zero attached hydrogens (tertiary/aromatic N) is 1. The average Bonchev–Trinajstić information content (AvgIpc) is 2.65. The third-order valence-electron chi connectivity index (χ3n) is 3.61. The molecular formula is C19H21NO5. The summed E-state index contributed by atoms with van der Waals surface area (Å²) >= 11 is 0. The summed E-state index contributed by atoms with van der Waals surface area (Å²) in [4.78, 5) is 26.0. The van der Waals surface area contributed by atoms with Gasteiger partial charge in [-0.15, -0.1) is 0 Å². The topological polar surface area (TPSA) is 65.1 Å². The Labute approximate surface area is 147 Å². The van der Waals surface area contributed by atoms with Gasteiger partial charge in [0.15, 0.2) is 0 Å². The number of hydrogen-bond acceptors (Lipinski definition) is 6. The number of carbonyl (C=O) groups is 2. The summed E-state index contributed by atoms with van der Waals surface area (Å²) in [5.74, 6) is -0.865. The van der Waals surface area contributed by atoms with Crippen molar-refractivity contribution in [3.8, 4) is 0 Å². The Morgan fingerprint density at radius 3 is 2.32 bits per heavy atom. The number of benzene rings is 1. The van der Waals surface area contributed by atoms with Crippen molar-refractivity contribution < 1.29 is 23.8 Å². The zero-order chi connectivity index (χ0) is 18.4. The minimum absolute atomic E-state index is 0.108. The van der Waals surface area contributed by atoms with Crippen LogP contribution in [0.1, 0.15) is 5.56 Å². The van der Waals surface area contributed by atoms with Crippen molar-refractivity contribution in [3.05, 3.63) is 65.1 Å². The van der Waals surface area contributed by atoms with Crippen LogP contribution in [0, 0.1) is 0 Å². The van der Waals surface area contributed by atoms with Crippen molar-refractivity contribution in [2.75, 3.05) is 28.3 Å². The molecule has 0 saturated heterocycles. The van der Waals surface area contributed by atoms with Crippen LogP contribution < -0.4 is 0 Å². The smallest absolute Gasteiger partial charge is 0.352 e. The number of esters is 2. The summed E-state index contributed by atoms with van der Waals surface area (Å²) in [6.07, 6.45) is 4.10. The van der Waals surface area contributed by atoms with Crippen LogP contribution in [0.3, 0.4) is 0 Å². The molecule has 0 aliphatic carbocycles. The highest BCUT2D eigenvalue weighted by Gasteiger charge is 2.37. The summed E-state index contributed by atoms with van der Waals surface area (Å²) in [6.45, 7) is 0. The molecule has 1 aliphatic heterocycles. The average molecular weight is 343 g/mol. The number of methoxy groups -OCH3 is 2. The Morgan fingerprint density at radius 1 is 1.08 bits per heavy atom. The Balaban J connectivity index is 2.45. The second-order valence-corrected chi connectivity index (χ2v) is 5.50. The molecule has 0 spiro atoms. The van der Waals surface area contributed by atoms with E-state index in [2.05, 4.69) is 0 Å². The molecule has 1 aromatic rings. The zero-order valence-corrected chi connectivity index (χ0v) is 14.7. The maximum atomic E-state index is 12.2. The van der Waals surface area contributed by atoms with Gasteiger partial charge in [-0.1, -0.05) is 36.4 Å². The molecule has 1 unspecified atom stereocenters. The molecule has 0 saturated carbocycles. The zero-order valence-electron chi connectivity index (χ0n) is 14.7. The molecule has 0 amide bonds. The molecule has 0 aromatic heterocycles.